The van der Waals surface area contributed by atoms with Gasteiger partial charge in [0.15, 0.2) is 5.65 Å². The van der Waals surface area contributed by atoms with Crippen LogP contribution in [-0.4, -0.2) is 62.4 Å². The molecule has 0 bridgehead atoms. The third-order valence-electron chi connectivity index (χ3n) is 7.82. The van der Waals surface area contributed by atoms with Crippen LogP contribution >= 0.6 is 0 Å². The molecule has 0 aliphatic carbocycles. The second kappa shape index (κ2) is 13.0. The molecule has 0 amide bonds. The average Bonchev–Trinajstić information content (AvgIpc) is 2.97. The Morgan fingerprint density at radius 3 is 2.64 bits per heavy atom. The second-order valence-electron chi connectivity index (χ2n) is 11.2. The van der Waals surface area contributed by atoms with Crippen molar-refractivity contribution >= 4 is 16.9 Å². The van der Waals surface area contributed by atoms with E-state index in [4.69, 9.17) is 9.97 Å². The van der Waals surface area contributed by atoms with Crippen LogP contribution in [0.5, 0.6) is 5.75 Å². The number of aliphatic hydroxyl groups is 1. The number of aromatic nitrogens is 4. The highest BCUT2D eigenvalue weighted by molar-refractivity contribution is 5.89. The SMILES string of the molecule is CC(C)c1nccc(O)c1CCCc1nc(N2CCNC[C@@H]2C)c2cc(F)c(-c3c(F)cccc3CCCO)nc2n1. The fraction of sp³-hybridized carbons (Fsp3) is 0.438. The molecule has 5 rings (SSSR count). The number of anilines is 1. The molecule has 8 nitrogen and oxygen atoms in total. The van der Waals surface area contributed by atoms with E-state index in [1.807, 2.05) is 13.8 Å². The number of halogens is 2. The maximum Gasteiger partial charge on any atom is 0.165 e. The van der Waals surface area contributed by atoms with Gasteiger partial charge in [-0.1, -0.05) is 26.0 Å². The Labute approximate surface area is 244 Å². The minimum Gasteiger partial charge on any atom is -0.508 e. The van der Waals surface area contributed by atoms with Crippen LogP contribution in [0.4, 0.5) is 14.6 Å². The van der Waals surface area contributed by atoms with Crippen LogP contribution < -0.4 is 10.2 Å². The highest BCUT2D eigenvalue weighted by atomic mass is 19.1. The van der Waals surface area contributed by atoms with Crippen molar-refractivity contribution in [2.24, 2.45) is 0 Å². The van der Waals surface area contributed by atoms with Gasteiger partial charge >= 0.3 is 0 Å². The summed E-state index contributed by atoms with van der Waals surface area (Å²) < 4.78 is 30.9. The molecule has 3 aromatic heterocycles. The topological polar surface area (TPSA) is 107 Å². The van der Waals surface area contributed by atoms with Crippen molar-refractivity contribution in [2.75, 3.05) is 31.1 Å². The highest BCUT2D eigenvalue weighted by Gasteiger charge is 2.25. The van der Waals surface area contributed by atoms with Crippen LogP contribution in [0.15, 0.2) is 36.5 Å². The minimum absolute atomic E-state index is 0.0537. The lowest BCUT2D eigenvalue weighted by atomic mass is 9.98. The smallest absolute Gasteiger partial charge is 0.165 e. The number of hydrogen-bond donors (Lipinski definition) is 3. The first-order valence-corrected chi connectivity index (χ1v) is 14.7. The third kappa shape index (κ3) is 6.19. The van der Waals surface area contributed by atoms with Crippen LogP contribution in [0.2, 0.25) is 0 Å². The van der Waals surface area contributed by atoms with E-state index < -0.39 is 11.6 Å². The monoisotopic (exact) mass is 576 g/mol. The Morgan fingerprint density at radius 2 is 1.88 bits per heavy atom. The predicted molar refractivity (Wildman–Crippen MR) is 160 cm³/mol. The Hall–Kier alpha value is -3.76. The van der Waals surface area contributed by atoms with Crippen molar-refractivity contribution in [2.45, 2.75) is 64.8 Å². The predicted octanol–water partition coefficient (Wildman–Crippen LogP) is 5.09. The summed E-state index contributed by atoms with van der Waals surface area (Å²) in [5.41, 5.74) is 2.57. The number of nitrogens with zero attached hydrogens (tertiary/aromatic N) is 5. The van der Waals surface area contributed by atoms with Gasteiger partial charge in [0.05, 0.1) is 5.39 Å². The zero-order chi connectivity index (χ0) is 29.8. The van der Waals surface area contributed by atoms with Gasteiger partial charge in [-0.3, -0.25) is 4.98 Å². The molecule has 10 heteroatoms. The molecule has 0 radical (unpaired) electrons. The molecule has 0 unspecified atom stereocenters. The van der Waals surface area contributed by atoms with Gasteiger partial charge < -0.3 is 20.4 Å². The van der Waals surface area contributed by atoms with Crippen molar-refractivity contribution < 1.29 is 19.0 Å². The molecule has 222 valence electrons. The molecule has 1 saturated heterocycles. The number of benzene rings is 1. The van der Waals surface area contributed by atoms with E-state index in [2.05, 4.69) is 27.1 Å². The Bertz CT molecular complexity index is 1560. The van der Waals surface area contributed by atoms with Gasteiger partial charge in [0.2, 0.25) is 0 Å². The number of fused-ring (bicyclic) bond motifs is 1. The molecule has 4 aromatic rings. The number of aliphatic hydroxyl groups excluding tert-OH is 1. The van der Waals surface area contributed by atoms with Gasteiger partial charge in [-0.05, 0) is 62.3 Å². The molecule has 0 saturated carbocycles. The molecule has 1 fully saturated rings. The normalized spacial score (nSPS) is 15.6. The van der Waals surface area contributed by atoms with Gasteiger partial charge in [0, 0.05) is 61.7 Å². The van der Waals surface area contributed by atoms with E-state index in [-0.39, 0.29) is 35.6 Å². The molecule has 1 atom stereocenters. The minimum atomic E-state index is -0.647. The van der Waals surface area contributed by atoms with E-state index in [1.54, 1.807) is 24.4 Å². The Kier molecular flexibility index (Phi) is 9.23. The first kappa shape index (κ1) is 29.7. The second-order valence-corrected chi connectivity index (χ2v) is 11.2. The molecule has 42 heavy (non-hydrogen) atoms. The zero-order valence-electron chi connectivity index (χ0n) is 24.4. The summed E-state index contributed by atoms with van der Waals surface area (Å²) in [7, 11) is 0. The van der Waals surface area contributed by atoms with Crippen LogP contribution in [0.25, 0.3) is 22.3 Å². The van der Waals surface area contributed by atoms with Crippen molar-refractivity contribution in [1.82, 2.24) is 25.3 Å². The Morgan fingerprint density at radius 1 is 1.05 bits per heavy atom. The van der Waals surface area contributed by atoms with Crippen LogP contribution in [0, 0.1) is 11.6 Å². The molecule has 4 heterocycles. The average molecular weight is 577 g/mol. The lowest BCUT2D eigenvalue weighted by Crippen LogP contribution is -2.50. The molecule has 3 N–H and O–H groups in total. The number of aryl methyl sites for hydroxylation is 2. The van der Waals surface area contributed by atoms with E-state index in [9.17, 15) is 10.2 Å². The molecular weight excluding hydrogens is 538 g/mol. The summed E-state index contributed by atoms with van der Waals surface area (Å²) in [5, 5.41) is 23.7. The van der Waals surface area contributed by atoms with Gasteiger partial charge in [0.1, 0.15) is 34.7 Å². The molecule has 1 aromatic carbocycles. The number of piperazine rings is 1. The molecule has 1 aliphatic rings. The highest BCUT2D eigenvalue weighted by Crippen LogP contribution is 2.34. The first-order chi connectivity index (χ1) is 20.3. The summed E-state index contributed by atoms with van der Waals surface area (Å²) in [4.78, 5) is 20.9. The van der Waals surface area contributed by atoms with E-state index in [0.717, 1.165) is 24.3 Å². The van der Waals surface area contributed by atoms with Crippen molar-refractivity contribution in [3.8, 4) is 17.0 Å². The van der Waals surface area contributed by atoms with Gasteiger partial charge in [0.25, 0.3) is 0 Å². The summed E-state index contributed by atoms with van der Waals surface area (Å²) in [6.07, 6.45) is 4.20. The fourth-order valence-corrected chi connectivity index (χ4v) is 5.71. The lowest BCUT2D eigenvalue weighted by molar-refractivity contribution is 0.288. The number of pyridine rings is 2. The van der Waals surface area contributed by atoms with Crippen molar-refractivity contribution in [3.63, 3.8) is 0 Å². The van der Waals surface area contributed by atoms with Gasteiger partial charge in [-0.2, -0.15) is 0 Å². The van der Waals surface area contributed by atoms with E-state index in [0.29, 0.717) is 66.9 Å². The van der Waals surface area contributed by atoms with Gasteiger partial charge in [-0.25, -0.2) is 23.7 Å². The van der Waals surface area contributed by atoms with Crippen LogP contribution in [0.3, 0.4) is 0 Å². The third-order valence-corrected chi connectivity index (χ3v) is 7.82. The van der Waals surface area contributed by atoms with Crippen LogP contribution in [-0.2, 0) is 19.3 Å². The van der Waals surface area contributed by atoms with Crippen molar-refractivity contribution in [3.05, 3.63) is 70.8 Å². The quantitative estimate of drug-likeness (QED) is 0.240. The number of aromatic hydroxyl groups is 1. The summed E-state index contributed by atoms with van der Waals surface area (Å²) >= 11 is 0. The number of hydrogen-bond acceptors (Lipinski definition) is 8. The van der Waals surface area contributed by atoms with Crippen LogP contribution in [0.1, 0.15) is 62.2 Å². The number of nitrogens with one attached hydrogen (secondary N) is 1. The standard InChI is InChI=1S/C32H38F2N6O2/c1-19(2)29-22(26(42)12-13-36-29)9-5-11-27-37-31-23(32(38-27)40-15-14-35-18-20(40)3)17-25(34)30(39-31)28-21(8-6-16-41)7-4-10-24(28)33/h4,7,10,12-13,17,19-20,35,41H,5-6,8-9,11,14-16,18H2,1-3H3,(H,36,42)/t20-/m0/s1. The molecule has 1 aliphatic heterocycles. The zero-order valence-corrected chi connectivity index (χ0v) is 24.4. The first-order valence-electron chi connectivity index (χ1n) is 14.7. The maximum absolute atomic E-state index is 15.8. The number of rotatable bonds is 10. The fourth-order valence-electron chi connectivity index (χ4n) is 5.71. The van der Waals surface area contributed by atoms with Gasteiger partial charge in [-0.15, -0.1) is 0 Å². The van der Waals surface area contributed by atoms with E-state index >= 15 is 8.78 Å². The summed E-state index contributed by atoms with van der Waals surface area (Å²) in [6.45, 7) is 8.34. The Balaban J connectivity index is 1.56. The lowest BCUT2D eigenvalue weighted by Gasteiger charge is -2.35. The van der Waals surface area contributed by atoms with E-state index in [1.165, 1.54) is 12.1 Å². The maximum atomic E-state index is 15.8. The summed E-state index contributed by atoms with van der Waals surface area (Å²) in [5.74, 6) is 0.347. The largest absolute Gasteiger partial charge is 0.508 e. The van der Waals surface area contributed by atoms with Crippen molar-refractivity contribution in [1.29, 1.82) is 0 Å². The molecule has 0 spiro atoms. The summed E-state index contributed by atoms with van der Waals surface area (Å²) in [6, 6.07) is 7.70. The molecular formula is C32H38F2N6O2.